The first kappa shape index (κ1) is 12.6. The zero-order valence-corrected chi connectivity index (χ0v) is 11.0. The molecule has 0 aromatic heterocycles. The maximum atomic E-state index is 11.9. The van der Waals surface area contributed by atoms with Gasteiger partial charge in [0.25, 0.3) is 0 Å². The van der Waals surface area contributed by atoms with E-state index in [9.17, 15) is 9.59 Å². The lowest BCUT2D eigenvalue weighted by Gasteiger charge is -2.18. The summed E-state index contributed by atoms with van der Waals surface area (Å²) in [5.41, 5.74) is 3.29. The van der Waals surface area contributed by atoms with E-state index in [0.717, 1.165) is 5.69 Å². The van der Waals surface area contributed by atoms with Crippen LogP contribution in [0, 0.1) is 13.8 Å². The highest BCUT2D eigenvalue weighted by Gasteiger charge is 2.30. The van der Waals surface area contributed by atoms with E-state index < -0.39 is 0 Å². The van der Waals surface area contributed by atoms with Gasteiger partial charge >= 0.3 is 0 Å². The van der Waals surface area contributed by atoms with Crippen LogP contribution < -0.4 is 10.2 Å². The molecule has 1 aromatic rings. The second-order valence-electron chi connectivity index (χ2n) is 4.87. The van der Waals surface area contributed by atoms with Crippen LogP contribution in [0.25, 0.3) is 0 Å². The average Bonchev–Trinajstić information content (AvgIpc) is 2.62. The Morgan fingerprint density at radius 1 is 1.33 bits per heavy atom. The van der Waals surface area contributed by atoms with Crippen molar-refractivity contribution in [1.82, 2.24) is 5.32 Å². The van der Waals surface area contributed by atoms with E-state index in [1.807, 2.05) is 32.0 Å². The fourth-order valence-corrected chi connectivity index (χ4v) is 2.23. The molecule has 1 fully saturated rings. The Morgan fingerprint density at radius 2 is 2.06 bits per heavy atom. The largest absolute Gasteiger partial charge is 0.351 e. The van der Waals surface area contributed by atoms with Crippen molar-refractivity contribution >= 4 is 17.5 Å². The molecule has 1 aliphatic heterocycles. The maximum absolute atomic E-state index is 11.9. The summed E-state index contributed by atoms with van der Waals surface area (Å²) in [6.07, 6.45) is 0.381. The van der Waals surface area contributed by atoms with Gasteiger partial charge in [-0.1, -0.05) is 6.07 Å². The Hall–Kier alpha value is -1.84. The summed E-state index contributed by atoms with van der Waals surface area (Å²) in [7, 11) is 0. The number of nitrogens with zero attached hydrogens (tertiary/aromatic N) is 1. The van der Waals surface area contributed by atoms with Crippen molar-refractivity contribution in [3.63, 3.8) is 0 Å². The quantitative estimate of drug-likeness (QED) is 0.860. The maximum Gasteiger partial charge on any atom is 0.229 e. The average molecular weight is 246 g/mol. The Labute approximate surface area is 107 Å². The molecule has 96 valence electrons. The van der Waals surface area contributed by atoms with Gasteiger partial charge in [-0.3, -0.25) is 9.59 Å². The lowest BCUT2D eigenvalue weighted by atomic mass is 10.1. The minimum atomic E-state index is -0.0882. The Morgan fingerprint density at radius 3 is 2.67 bits per heavy atom. The van der Waals surface area contributed by atoms with Crippen molar-refractivity contribution < 1.29 is 9.59 Å². The van der Waals surface area contributed by atoms with Gasteiger partial charge in [0.05, 0.1) is 6.04 Å². The number of aryl methyl sites for hydroxylation is 2. The number of benzene rings is 1. The predicted octanol–water partition coefficient (Wildman–Crippen LogP) is 1.54. The minimum absolute atomic E-state index is 0.0667. The van der Waals surface area contributed by atoms with Crippen LogP contribution in [0.3, 0.4) is 0 Å². The fraction of sp³-hybridized carbons (Fsp3) is 0.429. The third-order valence-corrected chi connectivity index (χ3v) is 3.33. The van der Waals surface area contributed by atoms with Gasteiger partial charge in [-0.25, -0.2) is 0 Å². The van der Waals surface area contributed by atoms with Gasteiger partial charge in [-0.05, 0) is 37.1 Å². The topological polar surface area (TPSA) is 49.4 Å². The first-order valence-electron chi connectivity index (χ1n) is 6.12. The van der Waals surface area contributed by atoms with Gasteiger partial charge in [0.15, 0.2) is 0 Å². The van der Waals surface area contributed by atoms with Crippen LogP contribution in [-0.4, -0.2) is 24.4 Å². The molecule has 1 saturated heterocycles. The summed E-state index contributed by atoms with van der Waals surface area (Å²) >= 11 is 0. The van der Waals surface area contributed by atoms with Crippen molar-refractivity contribution in [2.45, 2.75) is 33.2 Å². The first-order chi connectivity index (χ1) is 8.47. The van der Waals surface area contributed by atoms with E-state index in [4.69, 9.17) is 0 Å². The molecule has 0 saturated carbocycles. The van der Waals surface area contributed by atoms with Crippen LogP contribution >= 0.6 is 0 Å². The van der Waals surface area contributed by atoms with Crippen molar-refractivity contribution in [3.8, 4) is 0 Å². The highest BCUT2D eigenvalue weighted by atomic mass is 16.2. The van der Waals surface area contributed by atoms with Gasteiger partial charge in [0.1, 0.15) is 0 Å². The van der Waals surface area contributed by atoms with Crippen LogP contribution in [0.1, 0.15) is 24.5 Å². The molecule has 1 atom stereocenters. The molecule has 4 heteroatoms. The highest BCUT2D eigenvalue weighted by Crippen LogP contribution is 2.23. The van der Waals surface area contributed by atoms with Crippen molar-refractivity contribution in [1.29, 1.82) is 0 Å². The monoisotopic (exact) mass is 246 g/mol. The van der Waals surface area contributed by atoms with E-state index in [2.05, 4.69) is 5.32 Å². The number of amides is 2. The molecular formula is C14H18N2O2. The number of rotatable bonds is 2. The Kier molecular flexibility index (Phi) is 3.36. The molecule has 18 heavy (non-hydrogen) atoms. The smallest absolute Gasteiger partial charge is 0.229 e. The molecule has 2 amide bonds. The second-order valence-corrected chi connectivity index (χ2v) is 4.87. The van der Waals surface area contributed by atoms with E-state index in [1.54, 1.807) is 4.90 Å². The van der Waals surface area contributed by atoms with Crippen LogP contribution in [-0.2, 0) is 9.59 Å². The minimum Gasteiger partial charge on any atom is -0.351 e. The summed E-state index contributed by atoms with van der Waals surface area (Å²) in [4.78, 5) is 24.7. The lowest BCUT2D eigenvalue weighted by Crippen LogP contribution is -2.35. The SMILES string of the molecule is CC(=O)NC1CC(=O)N(c2ccc(C)c(C)c2)C1. The number of carbonyl (C=O) groups is 2. The summed E-state index contributed by atoms with van der Waals surface area (Å²) in [5.74, 6) is -0.0215. The van der Waals surface area contributed by atoms with E-state index in [-0.39, 0.29) is 17.9 Å². The standard InChI is InChI=1S/C14H18N2O2/c1-9-4-5-13(6-10(9)2)16-8-12(7-14(16)18)15-11(3)17/h4-6,12H,7-8H2,1-3H3,(H,15,17). The second kappa shape index (κ2) is 4.80. The number of carbonyl (C=O) groups excluding carboxylic acids is 2. The summed E-state index contributed by atoms with van der Waals surface area (Å²) in [6, 6.07) is 5.92. The molecule has 4 nitrogen and oxygen atoms in total. The molecule has 0 radical (unpaired) electrons. The summed E-state index contributed by atoms with van der Waals surface area (Å²) in [6.45, 7) is 6.11. The van der Waals surface area contributed by atoms with Gasteiger partial charge in [-0.15, -0.1) is 0 Å². The normalized spacial score (nSPS) is 19.2. The fourth-order valence-electron chi connectivity index (χ4n) is 2.23. The van der Waals surface area contributed by atoms with E-state index in [1.165, 1.54) is 18.1 Å². The summed E-state index contributed by atoms with van der Waals surface area (Å²) < 4.78 is 0. The van der Waals surface area contributed by atoms with Gasteiger partial charge in [0.2, 0.25) is 11.8 Å². The third-order valence-electron chi connectivity index (χ3n) is 3.33. The molecular weight excluding hydrogens is 228 g/mol. The van der Waals surface area contributed by atoms with E-state index >= 15 is 0 Å². The highest BCUT2D eigenvalue weighted by molar-refractivity contribution is 5.96. The zero-order valence-electron chi connectivity index (χ0n) is 11.0. The molecule has 1 aliphatic rings. The predicted molar refractivity (Wildman–Crippen MR) is 70.5 cm³/mol. The van der Waals surface area contributed by atoms with Gasteiger partial charge < -0.3 is 10.2 Å². The van der Waals surface area contributed by atoms with E-state index in [0.29, 0.717) is 13.0 Å². The molecule has 1 N–H and O–H groups in total. The molecule has 1 aromatic carbocycles. The van der Waals surface area contributed by atoms with Crippen LogP contribution in [0.2, 0.25) is 0 Å². The molecule has 1 heterocycles. The molecule has 2 rings (SSSR count). The van der Waals surface area contributed by atoms with Crippen molar-refractivity contribution in [2.24, 2.45) is 0 Å². The molecule has 0 bridgehead atoms. The lowest BCUT2D eigenvalue weighted by molar-refractivity contribution is -0.119. The Balaban J connectivity index is 2.16. The number of anilines is 1. The van der Waals surface area contributed by atoms with Crippen LogP contribution in [0.5, 0.6) is 0 Å². The zero-order chi connectivity index (χ0) is 13.3. The van der Waals surface area contributed by atoms with Crippen LogP contribution in [0.4, 0.5) is 5.69 Å². The van der Waals surface area contributed by atoms with Gasteiger partial charge in [-0.2, -0.15) is 0 Å². The molecule has 0 spiro atoms. The molecule has 0 aliphatic carbocycles. The number of nitrogens with one attached hydrogen (secondary N) is 1. The first-order valence-corrected chi connectivity index (χ1v) is 6.12. The van der Waals surface area contributed by atoms with Gasteiger partial charge in [0, 0.05) is 25.6 Å². The summed E-state index contributed by atoms with van der Waals surface area (Å²) in [5, 5.41) is 2.80. The number of hydrogen-bond acceptors (Lipinski definition) is 2. The van der Waals surface area contributed by atoms with Crippen molar-refractivity contribution in [2.75, 3.05) is 11.4 Å². The Bertz CT molecular complexity index is 497. The van der Waals surface area contributed by atoms with Crippen LogP contribution in [0.15, 0.2) is 18.2 Å². The van der Waals surface area contributed by atoms with Crippen molar-refractivity contribution in [3.05, 3.63) is 29.3 Å². The molecule has 1 unspecified atom stereocenters. The third kappa shape index (κ3) is 2.53. The number of hydrogen-bond donors (Lipinski definition) is 1.